The number of hydrogen-bond acceptors (Lipinski definition) is 4. The van der Waals surface area contributed by atoms with Crippen LogP contribution < -0.4 is 0 Å². The van der Waals surface area contributed by atoms with Crippen LogP contribution in [0.4, 0.5) is 0 Å². The molecule has 2 aromatic rings. The highest BCUT2D eigenvalue weighted by Crippen LogP contribution is 2.31. The molecule has 19 heavy (non-hydrogen) atoms. The van der Waals surface area contributed by atoms with Crippen LogP contribution >= 0.6 is 22.7 Å². The van der Waals surface area contributed by atoms with Crippen LogP contribution in [-0.2, 0) is 9.84 Å². The van der Waals surface area contributed by atoms with Gasteiger partial charge in [0, 0.05) is 9.75 Å². The quantitative estimate of drug-likeness (QED) is 0.834. The molecule has 1 aliphatic rings. The van der Waals surface area contributed by atoms with Crippen molar-refractivity contribution in [2.45, 2.75) is 0 Å². The van der Waals surface area contributed by atoms with E-state index in [1.54, 1.807) is 24.3 Å². The molecule has 0 saturated carbocycles. The molecule has 3 heterocycles. The monoisotopic (exact) mass is 306 g/mol. The van der Waals surface area contributed by atoms with E-state index in [1.807, 2.05) is 35.0 Å². The third kappa shape index (κ3) is 2.49. The summed E-state index contributed by atoms with van der Waals surface area (Å²) in [6, 6.07) is 7.62. The van der Waals surface area contributed by atoms with Gasteiger partial charge in [0.25, 0.3) is 0 Å². The number of sulfone groups is 1. The zero-order valence-corrected chi connectivity index (χ0v) is 12.3. The standard InChI is InChI=1S/C14H10O2S3/c15-19(16)13(9-11-3-1-7-17-11)5-6-14(19)10-12-4-2-8-18-12/h1-10H. The second-order valence-corrected chi connectivity index (χ2v) is 7.87. The highest BCUT2D eigenvalue weighted by atomic mass is 32.2. The van der Waals surface area contributed by atoms with E-state index < -0.39 is 9.84 Å². The minimum Gasteiger partial charge on any atom is -0.219 e. The van der Waals surface area contributed by atoms with Crippen LogP contribution in [0.3, 0.4) is 0 Å². The molecule has 0 unspecified atom stereocenters. The lowest BCUT2D eigenvalue weighted by Crippen LogP contribution is -1.98. The average Bonchev–Trinajstić information content (AvgIpc) is 3.08. The Labute approximate surface area is 120 Å². The first-order valence-electron chi connectivity index (χ1n) is 5.60. The van der Waals surface area contributed by atoms with Gasteiger partial charge in [0.1, 0.15) is 0 Å². The van der Waals surface area contributed by atoms with Gasteiger partial charge in [-0.3, -0.25) is 0 Å². The SMILES string of the molecule is O=S1(=O)C(=Cc2cccs2)C=CC1=Cc1cccs1. The predicted octanol–water partition coefficient (Wildman–Crippen LogP) is 4.18. The van der Waals surface area contributed by atoms with Crippen LogP contribution in [0.1, 0.15) is 9.75 Å². The summed E-state index contributed by atoms with van der Waals surface area (Å²) in [5, 5.41) is 3.86. The molecule has 0 atom stereocenters. The van der Waals surface area contributed by atoms with Crippen molar-refractivity contribution >= 4 is 44.7 Å². The molecule has 1 aliphatic heterocycles. The Bertz CT molecular complexity index is 699. The van der Waals surface area contributed by atoms with Crippen LogP contribution in [0.2, 0.25) is 0 Å². The molecule has 0 radical (unpaired) electrons. The van der Waals surface area contributed by atoms with Crippen molar-refractivity contribution in [3.63, 3.8) is 0 Å². The van der Waals surface area contributed by atoms with Gasteiger partial charge in [-0.1, -0.05) is 12.1 Å². The van der Waals surface area contributed by atoms with Crippen molar-refractivity contribution in [1.29, 1.82) is 0 Å². The topological polar surface area (TPSA) is 34.1 Å². The molecular weight excluding hydrogens is 296 g/mol. The first kappa shape index (κ1) is 12.6. The van der Waals surface area contributed by atoms with Gasteiger partial charge in [-0.15, -0.1) is 22.7 Å². The molecule has 0 aromatic carbocycles. The van der Waals surface area contributed by atoms with Gasteiger partial charge in [-0.05, 0) is 47.2 Å². The van der Waals surface area contributed by atoms with Gasteiger partial charge in [-0.25, -0.2) is 8.42 Å². The average molecular weight is 306 g/mol. The Morgan fingerprint density at radius 1 is 0.842 bits per heavy atom. The number of hydrogen-bond donors (Lipinski definition) is 0. The predicted molar refractivity (Wildman–Crippen MR) is 82.7 cm³/mol. The molecule has 2 nitrogen and oxygen atoms in total. The van der Waals surface area contributed by atoms with Gasteiger partial charge in [0.2, 0.25) is 9.84 Å². The van der Waals surface area contributed by atoms with Crippen LogP contribution in [0.15, 0.2) is 57.0 Å². The van der Waals surface area contributed by atoms with Crippen molar-refractivity contribution in [3.05, 3.63) is 66.7 Å². The lowest BCUT2D eigenvalue weighted by Gasteiger charge is -1.98. The molecule has 5 heteroatoms. The Balaban J connectivity index is 2.00. The summed E-state index contributed by atoms with van der Waals surface area (Å²) in [6.07, 6.45) is 6.75. The third-order valence-electron chi connectivity index (χ3n) is 2.69. The molecule has 0 spiro atoms. The largest absolute Gasteiger partial charge is 0.219 e. The van der Waals surface area contributed by atoms with E-state index >= 15 is 0 Å². The summed E-state index contributed by atoms with van der Waals surface area (Å²) in [5.41, 5.74) is 0. The second kappa shape index (κ2) is 4.92. The van der Waals surface area contributed by atoms with Crippen LogP contribution in [0.5, 0.6) is 0 Å². The summed E-state index contributed by atoms with van der Waals surface area (Å²) in [5.74, 6) is 0. The van der Waals surface area contributed by atoms with Crippen molar-refractivity contribution in [1.82, 2.24) is 0 Å². The number of thiophene rings is 2. The highest BCUT2D eigenvalue weighted by Gasteiger charge is 2.25. The maximum Gasteiger partial charge on any atom is 0.206 e. The lowest BCUT2D eigenvalue weighted by molar-refractivity contribution is 0.610. The fraction of sp³-hybridized carbons (Fsp3) is 0. The third-order valence-corrected chi connectivity index (χ3v) is 6.08. The van der Waals surface area contributed by atoms with Gasteiger partial charge in [0.15, 0.2) is 0 Å². The Morgan fingerprint density at radius 2 is 1.32 bits per heavy atom. The minimum atomic E-state index is -3.36. The van der Waals surface area contributed by atoms with Crippen LogP contribution in [-0.4, -0.2) is 8.42 Å². The Hall–Kier alpha value is -1.43. The first-order chi connectivity index (χ1) is 9.16. The zero-order chi connectivity index (χ0) is 13.3. The molecule has 0 bridgehead atoms. The van der Waals surface area contributed by atoms with Crippen molar-refractivity contribution in [2.75, 3.05) is 0 Å². The van der Waals surface area contributed by atoms with Crippen molar-refractivity contribution in [2.24, 2.45) is 0 Å². The van der Waals surface area contributed by atoms with Gasteiger partial charge >= 0.3 is 0 Å². The molecule has 0 aliphatic carbocycles. The maximum atomic E-state index is 12.4. The van der Waals surface area contributed by atoms with E-state index in [9.17, 15) is 8.42 Å². The fourth-order valence-electron chi connectivity index (χ4n) is 1.76. The zero-order valence-electron chi connectivity index (χ0n) is 9.81. The first-order valence-corrected chi connectivity index (χ1v) is 8.84. The van der Waals surface area contributed by atoms with Crippen LogP contribution in [0, 0.1) is 0 Å². The van der Waals surface area contributed by atoms with E-state index in [1.165, 1.54) is 22.7 Å². The summed E-state index contributed by atoms with van der Waals surface area (Å²) in [4.78, 5) is 2.61. The van der Waals surface area contributed by atoms with E-state index in [0.717, 1.165) is 9.75 Å². The molecule has 0 saturated heterocycles. The Morgan fingerprint density at radius 3 is 1.68 bits per heavy atom. The number of allylic oxidation sites excluding steroid dienone is 2. The van der Waals surface area contributed by atoms with E-state index in [2.05, 4.69) is 0 Å². The van der Waals surface area contributed by atoms with Crippen molar-refractivity contribution < 1.29 is 8.42 Å². The minimum absolute atomic E-state index is 0.359. The number of rotatable bonds is 2. The summed E-state index contributed by atoms with van der Waals surface area (Å²) < 4.78 is 24.7. The van der Waals surface area contributed by atoms with Gasteiger partial charge in [0.05, 0.1) is 9.81 Å². The maximum absolute atomic E-state index is 12.4. The van der Waals surface area contributed by atoms with Gasteiger partial charge in [-0.2, -0.15) is 0 Å². The Kier molecular flexibility index (Phi) is 3.26. The fourth-order valence-corrected chi connectivity index (χ4v) is 4.57. The summed E-state index contributed by atoms with van der Waals surface area (Å²) in [7, 11) is -3.36. The molecule has 3 rings (SSSR count). The van der Waals surface area contributed by atoms with E-state index in [0.29, 0.717) is 9.81 Å². The highest BCUT2D eigenvalue weighted by molar-refractivity contribution is 8.00. The van der Waals surface area contributed by atoms with E-state index in [4.69, 9.17) is 0 Å². The molecular formula is C14H10O2S3. The van der Waals surface area contributed by atoms with Gasteiger partial charge < -0.3 is 0 Å². The second-order valence-electron chi connectivity index (χ2n) is 3.96. The molecule has 0 fully saturated rings. The lowest BCUT2D eigenvalue weighted by atomic mass is 10.3. The molecule has 0 amide bonds. The smallest absolute Gasteiger partial charge is 0.206 e. The summed E-state index contributed by atoms with van der Waals surface area (Å²) >= 11 is 3.05. The van der Waals surface area contributed by atoms with Crippen molar-refractivity contribution in [3.8, 4) is 0 Å². The normalized spacial score (nSPS) is 21.5. The molecule has 96 valence electrons. The molecule has 2 aromatic heterocycles. The molecule has 0 N–H and O–H groups in total. The summed E-state index contributed by atoms with van der Waals surface area (Å²) in [6.45, 7) is 0. The van der Waals surface area contributed by atoms with Crippen LogP contribution in [0.25, 0.3) is 12.2 Å². The van der Waals surface area contributed by atoms with E-state index in [-0.39, 0.29) is 0 Å².